The molecule has 0 bridgehead atoms. The number of benzene rings is 1. The molecule has 1 saturated heterocycles. The summed E-state index contributed by atoms with van der Waals surface area (Å²) in [6, 6.07) is 8.94. The molecule has 0 spiro atoms. The summed E-state index contributed by atoms with van der Waals surface area (Å²) >= 11 is 0. The van der Waals surface area contributed by atoms with Gasteiger partial charge in [0.05, 0.1) is 0 Å². The van der Waals surface area contributed by atoms with Gasteiger partial charge in [-0.2, -0.15) is 0 Å². The highest BCUT2D eigenvalue weighted by atomic mass is 16.2. The zero-order valence-electron chi connectivity index (χ0n) is 12.8. The standard InChI is InChI=1S/C17H24N2O2/c1-13-7-6-10-19(12-13)16(20)11-14(2)18-17(21)15-8-4-3-5-9-15/h3-5,8-9,13-14H,6-7,10-12H2,1-2H3,(H,18,21)/t13-,14+/m1/s1. The SMILES string of the molecule is C[C@@H]1CCCN(C(=O)C[C@H](C)NC(=O)c2ccccc2)C1. The summed E-state index contributed by atoms with van der Waals surface area (Å²) in [4.78, 5) is 26.2. The van der Waals surface area contributed by atoms with Gasteiger partial charge in [-0.15, -0.1) is 0 Å². The third kappa shape index (κ3) is 4.59. The molecule has 4 nitrogen and oxygen atoms in total. The van der Waals surface area contributed by atoms with E-state index < -0.39 is 0 Å². The molecule has 114 valence electrons. The van der Waals surface area contributed by atoms with Crippen molar-refractivity contribution in [3.05, 3.63) is 35.9 Å². The Bertz CT molecular complexity index is 487. The number of nitrogens with zero attached hydrogens (tertiary/aromatic N) is 1. The van der Waals surface area contributed by atoms with Crippen LogP contribution in [-0.4, -0.2) is 35.8 Å². The first kappa shape index (κ1) is 15.5. The van der Waals surface area contributed by atoms with Crippen molar-refractivity contribution in [3.63, 3.8) is 0 Å². The third-order valence-electron chi connectivity index (χ3n) is 3.90. The first-order valence-electron chi connectivity index (χ1n) is 7.70. The van der Waals surface area contributed by atoms with Gasteiger partial charge in [0, 0.05) is 31.1 Å². The number of carbonyl (C=O) groups excluding carboxylic acids is 2. The fourth-order valence-electron chi connectivity index (χ4n) is 2.75. The Hall–Kier alpha value is -1.84. The highest BCUT2D eigenvalue weighted by Gasteiger charge is 2.22. The van der Waals surface area contributed by atoms with Gasteiger partial charge in [0.2, 0.25) is 5.91 Å². The maximum atomic E-state index is 12.2. The van der Waals surface area contributed by atoms with Gasteiger partial charge in [-0.3, -0.25) is 9.59 Å². The number of carbonyl (C=O) groups is 2. The van der Waals surface area contributed by atoms with Crippen LogP contribution in [0.4, 0.5) is 0 Å². The van der Waals surface area contributed by atoms with Crippen LogP contribution in [0.25, 0.3) is 0 Å². The van der Waals surface area contributed by atoms with Crippen molar-refractivity contribution in [2.75, 3.05) is 13.1 Å². The van der Waals surface area contributed by atoms with E-state index in [1.807, 2.05) is 30.0 Å². The topological polar surface area (TPSA) is 49.4 Å². The fraction of sp³-hybridized carbons (Fsp3) is 0.529. The summed E-state index contributed by atoms with van der Waals surface area (Å²) in [6.07, 6.45) is 2.65. The van der Waals surface area contributed by atoms with E-state index in [1.165, 1.54) is 6.42 Å². The van der Waals surface area contributed by atoms with E-state index in [1.54, 1.807) is 12.1 Å². The molecular weight excluding hydrogens is 264 g/mol. The Labute approximate surface area is 126 Å². The second-order valence-corrected chi connectivity index (χ2v) is 6.03. The molecule has 1 fully saturated rings. The van der Waals surface area contributed by atoms with Gasteiger partial charge in [0.1, 0.15) is 0 Å². The maximum absolute atomic E-state index is 12.2. The summed E-state index contributed by atoms with van der Waals surface area (Å²) in [7, 11) is 0. The largest absolute Gasteiger partial charge is 0.349 e. The highest BCUT2D eigenvalue weighted by Crippen LogP contribution is 2.16. The van der Waals surface area contributed by atoms with E-state index in [0.29, 0.717) is 17.9 Å². The molecule has 0 saturated carbocycles. The average Bonchev–Trinajstić information content (AvgIpc) is 2.48. The molecule has 1 aliphatic rings. The van der Waals surface area contributed by atoms with Gasteiger partial charge in [0.15, 0.2) is 0 Å². The van der Waals surface area contributed by atoms with Gasteiger partial charge in [-0.05, 0) is 37.8 Å². The third-order valence-corrected chi connectivity index (χ3v) is 3.90. The van der Waals surface area contributed by atoms with Crippen molar-refractivity contribution in [1.82, 2.24) is 10.2 Å². The van der Waals surface area contributed by atoms with Crippen LogP contribution < -0.4 is 5.32 Å². The van der Waals surface area contributed by atoms with Crippen molar-refractivity contribution in [2.45, 2.75) is 39.2 Å². The van der Waals surface area contributed by atoms with E-state index in [-0.39, 0.29) is 17.9 Å². The van der Waals surface area contributed by atoms with E-state index >= 15 is 0 Å². The molecule has 1 aromatic rings. The maximum Gasteiger partial charge on any atom is 0.251 e. The molecule has 2 atom stereocenters. The van der Waals surface area contributed by atoms with Crippen molar-refractivity contribution in [1.29, 1.82) is 0 Å². The molecule has 21 heavy (non-hydrogen) atoms. The summed E-state index contributed by atoms with van der Waals surface area (Å²) in [6.45, 7) is 5.76. The Morgan fingerprint density at radius 3 is 2.71 bits per heavy atom. The van der Waals surface area contributed by atoms with Crippen LogP contribution in [0, 0.1) is 5.92 Å². The smallest absolute Gasteiger partial charge is 0.251 e. The first-order valence-corrected chi connectivity index (χ1v) is 7.70. The van der Waals surface area contributed by atoms with Crippen molar-refractivity contribution >= 4 is 11.8 Å². The summed E-state index contributed by atoms with van der Waals surface area (Å²) < 4.78 is 0. The van der Waals surface area contributed by atoms with Crippen molar-refractivity contribution < 1.29 is 9.59 Å². The van der Waals surface area contributed by atoms with E-state index in [2.05, 4.69) is 12.2 Å². The van der Waals surface area contributed by atoms with Gasteiger partial charge < -0.3 is 10.2 Å². The minimum Gasteiger partial charge on any atom is -0.349 e. The molecule has 0 aliphatic carbocycles. The van der Waals surface area contributed by atoms with E-state index in [9.17, 15) is 9.59 Å². The lowest BCUT2D eigenvalue weighted by molar-refractivity contribution is -0.133. The number of hydrogen-bond acceptors (Lipinski definition) is 2. The van der Waals surface area contributed by atoms with Crippen LogP contribution in [0.1, 0.15) is 43.5 Å². The molecule has 0 unspecified atom stereocenters. The molecule has 1 N–H and O–H groups in total. The predicted molar refractivity (Wildman–Crippen MR) is 83.0 cm³/mol. The highest BCUT2D eigenvalue weighted by molar-refractivity contribution is 5.94. The molecule has 0 radical (unpaired) electrons. The second kappa shape index (κ2) is 7.25. The number of piperidine rings is 1. The molecule has 2 amide bonds. The zero-order valence-corrected chi connectivity index (χ0v) is 12.8. The summed E-state index contributed by atoms with van der Waals surface area (Å²) in [5.41, 5.74) is 0.628. The Kier molecular flexibility index (Phi) is 5.37. The number of likely N-dealkylation sites (tertiary alicyclic amines) is 1. The van der Waals surface area contributed by atoms with Crippen LogP contribution in [-0.2, 0) is 4.79 Å². The fourth-order valence-corrected chi connectivity index (χ4v) is 2.75. The molecule has 1 heterocycles. The van der Waals surface area contributed by atoms with Gasteiger partial charge in [0.25, 0.3) is 5.91 Å². The van der Waals surface area contributed by atoms with Gasteiger partial charge in [-0.25, -0.2) is 0 Å². The Morgan fingerprint density at radius 2 is 2.05 bits per heavy atom. The minimum absolute atomic E-state index is 0.122. The molecular formula is C17H24N2O2. The predicted octanol–water partition coefficient (Wildman–Crippen LogP) is 2.45. The van der Waals surface area contributed by atoms with Crippen LogP contribution in [0.5, 0.6) is 0 Å². The molecule has 1 aromatic carbocycles. The molecule has 4 heteroatoms. The number of amides is 2. The van der Waals surface area contributed by atoms with Gasteiger partial charge in [-0.1, -0.05) is 25.1 Å². The first-order chi connectivity index (χ1) is 10.1. The number of nitrogens with one attached hydrogen (secondary N) is 1. The lowest BCUT2D eigenvalue weighted by atomic mass is 10.00. The van der Waals surface area contributed by atoms with Crippen molar-refractivity contribution in [3.8, 4) is 0 Å². The summed E-state index contributed by atoms with van der Waals surface area (Å²) in [5, 5.41) is 2.89. The Morgan fingerprint density at radius 1 is 1.33 bits per heavy atom. The molecule has 2 rings (SSSR count). The molecule has 1 aliphatic heterocycles. The lowest BCUT2D eigenvalue weighted by Crippen LogP contribution is -2.43. The lowest BCUT2D eigenvalue weighted by Gasteiger charge is -2.31. The second-order valence-electron chi connectivity index (χ2n) is 6.03. The molecule has 0 aromatic heterocycles. The normalized spacial score (nSPS) is 19.9. The van der Waals surface area contributed by atoms with Crippen molar-refractivity contribution in [2.24, 2.45) is 5.92 Å². The van der Waals surface area contributed by atoms with E-state index in [0.717, 1.165) is 19.5 Å². The number of rotatable bonds is 4. The van der Waals surface area contributed by atoms with E-state index in [4.69, 9.17) is 0 Å². The zero-order chi connectivity index (χ0) is 15.2. The van der Waals surface area contributed by atoms with Gasteiger partial charge >= 0.3 is 0 Å². The van der Waals surface area contributed by atoms with Crippen LogP contribution in [0.15, 0.2) is 30.3 Å². The Balaban J connectivity index is 1.82. The quantitative estimate of drug-likeness (QED) is 0.925. The average molecular weight is 288 g/mol. The minimum atomic E-state index is -0.151. The van der Waals surface area contributed by atoms with Crippen LogP contribution in [0.2, 0.25) is 0 Å². The number of hydrogen-bond donors (Lipinski definition) is 1. The van der Waals surface area contributed by atoms with Crippen LogP contribution in [0.3, 0.4) is 0 Å². The monoisotopic (exact) mass is 288 g/mol. The van der Waals surface area contributed by atoms with Crippen LogP contribution >= 0.6 is 0 Å². The summed E-state index contributed by atoms with van der Waals surface area (Å²) in [5.74, 6) is 0.599.